The second-order valence-corrected chi connectivity index (χ2v) is 4.27. The maximum atomic E-state index is 11.3. The van der Waals surface area contributed by atoms with Gasteiger partial charge in [-0.3, -0.25) is 4.79 Å². The molecule has 0 aromatic carbocycles. The summed E-state index contributed by atoms with van der Waals surface area (Å²) in [5.41, 5.74) is 0.542. The van der Waals surface area contributed by atoms with E-state index in [4.69, 9.17) is 0 Å². The second kappa shape index (κ2) is 6.29. The van der Waals surface area contributed by atoms with E-state index >= 15 is 0 Å². The SMILES string of the molecule is CC[C@@H](CO)Nc1ncnc2c1cnn2CC(=O)OC. The van der Waals surface area contributed by atoms with Crippen LogP contribution in [-0.2, 0) is 16.1 Å². The van der Waals surface area contributed by atoms with Gasteiger partial charge in [0, 0.05) is 0 Å². The minimum Gasteiger partial charge on any atom is -0.468 e. The number of aliphatic hydroxyl groups excluding tert-OH is 1. The highest BCUT2D eigenvalue weighted by Crippen LogP contribution is 2.19. The van der Waals surface area contributed by atoms with E-state index in [1.807, 2.05) is 6.92 Å². The Morgan fingerprint density at radius 3 is 3.00 bits per heavy atom. The molecule has 0 saturated heterocycles. The van der Waals surface area contributed by atoms with Crippen LogP contribution in [0.2, 0.25) is 0 Å². The maximum Gasteiger partial charge on any atom is 0.327 e. The van der Waals surface area contributed by atoms with E-state index in [2.05, 4.69) is 25.1 Å². The van der Waals surface area contributed by atoms with Gasteiger partial charge < -0.3 is 15.2 Å². The molecule has 20 heavy (non-hydrogen) atoms. The lowest BCUT2D eigenvalue weighted by Gasteiger charge is -2.14. The van der Waals surface area contributed by atoms with E-state index in [0.29, 0.717) is 16.9 Å². The first-order valence-electron chi connectivity index (χ1n) is 6.30. The molecule has 0 bridgehead atoms. The highest BCUT2D eigenvalue weighted by Gasteiger charge is 2.14. The number of esters is 1. The first-order valence-corrected chi connectivity index (χ1v) is 6.30. The van der Waals surface area contributed by atoms with Crippen LogP contribution in [0.1, 0.15) is 13.3 Å². The molecule has 0 aliphatic rings. The molecule has 2 heterocycles. The number of carbonyl (C=O) groups is 1. The lowest BCUT2D eigenvalue weighted by atomic mass is 10.2. The highest BCUT2D eigenvalue weighted by molar-refractivity contribution is 5.87. The van der Waals surface area contributed by atoms with Crippen molar-refractivity contribution >= 4 is 22.8 Å². The van der Waals surface area contributed by atoms with Gasteiger partial charge in [-0.2, -0.15) is 5.10 Å². The van der Waals surface area contributed by atoms with Crippen LogP contribution in [0, 0.1) is 0 Å². The molecular formula is C12H17N5O3. The summed E-state index contributed by atoms with van der Waals surface area (Å²) >= 11 is 0. The number of carbonyl (C=O) groups excluding carboxylic acids is 1. The number of hydrogen-bond donors (Lipinski definition) is 2. The summed E-state index contributed by atoms with van der Waals surface area (Å²) < 4.78 is 6.06. The van der Waals surface area contributed by atoms with Gasteiger partial charge in [0.25, 0.3) is 0 Å². The minimum atomic E-state index is -0.398. The first kappa shape index (κ1) is 14.2. The zero-order chi connectivity index (χ0) is 14.5. The molecule has 0 unspecified atom stereocenters. The number of hydrogen-bond acceptors (Lipinski definition) is 7. The van der Waals surface area contributed by atoms with Crippen LogP contribution >= 0.6 is 0 Å². The van der Waals surface area contributed by atoms with Crippen molar-refractivity contribution in [3.8, 4) is 0 Å². The third-order valence-corrected chi connectivity index (χ3v) is 2.99. The van der Waals surface area contributed by atoms with E-state index in [1.165, 1.54) is 18.1 Å². The molecular weight excluding hydrogens is 262 g/mol. The van der Waals surface area contributed by atoms with Crippen LogP contribution in [0.3, 0.4) is 0 Å². The molecule has 0 aliphatic carbocycles. The fraction of sp³-hybridized carbons (Fsp3) is 0.500. The normalized spacial score (nSPS) is 12.3. The Morgan fingerprint density at radius 1 is 1.55 bits per heavy atom. The lowest BCUT2D eigenvalue weighted by Crippen LogP contribution is -2.23. The van der Waals surface area contributed by atoms with Crippen LogP contribution < -0.4 is 5.32 Å². The van der Waals surface area contributed by atoms with Gasteiger partial charge in [-0.05, 0) is 6.42 Å². The summed E-state index contributed by atoms with van der Waals surface area (Å²) in [7, 11) is 1.32. The summed E-state index contributed by atoms with van der Waals surface area (Å²) in [6.07, 6.45) is 3.74. The number of ether oxygens (including phenoxy) is 1. The fourth-order valence-electron chi connectivity index (χ4n) is 1.78. The largest absolute Gasteiger partial charge is 0.468 e. The summed E-state index contributed by atoms with van der Waals surface area (Å²) in [4.78, 5) is 19.6. The van der Waals surface area contributed by atoms with E-state index in [-0.39, 0.29) is 19.2 Å². The topological polar surface area (TPSA) is 102 Å². The van der Waals surface area contributed by atoms with Gasteiger partial charge in [-0.15, -0.1) is 0 Å². The van der Waals surface area contributed by atoms with Crippen molar-refractivity contribution in [3.05, 3.63) is 12.5 Å². The molecule has 8 heteroatoms. The zero-order valence-electron chi connectivity index (χ0n) is 11.4. The molecule has 0 saturated carbocycles. The Kier molecular flexibility index (Phi) is 4.46. The predicted molar refractivity (Wildman–Crippen MR) is 72.1 cm³/mol. The highest BCUT2D eigenvalue weighted by atomic mass is 16.5. The molecule has 0 aliphatic heterocycles. The number of nitrogens with one attached hydrogen (secondary N) is 1. The quantitative estimate of drug-likeness (QED) is 0.727. The van der Waals surface area contributed by atoms with E-state index < -0.39 is 5.97 Å². The number of anilines is 1. The summed E-state index contributed by atoms with van der Waals surface area (Å²) in [6.45, 7) is 1.97. The van der Waals surface area contributed by atoms with Crippen LogP contribution in [0.15, 0.2) is 12.5 Å². The Labute approximate surface area is 115 Å². The van der Waals surface area contributed by atoms with Crippen molar-refractivity contribution in [3.63, 3.8) is 0 Å². The molecule has 2 rings (SSSR count). The molecule has 2 aromatic rings. The van der Waals surface area contributed by atoms with Crippen LogP contribution in [0.25, 0.3) is 11.0 Å². The zero-order valence-corrected chi connectivity index (χ0v) is 11.4. The monoisotopic (exact) mass is 279 g/mol. The third-order valence-electron chi connectivity index (χ3n) is 2.99. The van der Waals surface area contributed by atoms with Gasteiger partial charge in [0.1, 0.15) is 18.7 Å². The minimum absolute atomic E-state index is 0.00629. The molecule has 108 valence electrons. The fourth-order valence-corrected chi connectivity index (χ4v) is 1.78. The molecule has 2 N–H and O–H groups in total. The standard InChI is InChI=1S/C12H17N5O3/c1-3-8(6-18)16-11-9-4-15-17(5-10(19)20-2)12(9)14-7-13-11/h4,7-8,18H,3,5-6H2,1-2H3,(H,13,14,16)/t8-/m0/s1. The van der Waals surface area contributed by atoms with E-state index in [0.717, 1.165) is 6.42 Å². The van der Waals surface area contributed by atoms with Gasteiger partial charge in [-0.25, -0.2) is 14.6 Å². The van der Waals surface area contributed by atoms with E-state index in [9.17, 15) is 9.90 Å². The number of fused-ring (bicyclic) bond motifs is 1. The first-order chi connectivity index (χ1) is 9.69. The molecule has 0 amide bonds. The van der Waals surface area contributed by atoms with Crippen molar-refractivity contribution in [1.29, 1.82) is 0 Å². The number of nitrogens with zero attached hydrogens (tertiary/aromatic N) is 4. The number of aromatic nitrogens is 4. The summed E-state index contributed by atoms with van der Waals surface area (Å²) in [6, 6.07) is -0.0861. The molecule has 1 atom stereocenters. The van der Waals surface area contributed by atoms with Gasteiger partial charge in [-0.1, -0.05) is 6.92 Å². The molecule has 0 fully saturated rings. The Morgan fingerprint density at radius 2 is 2.35 bits per heavy atom. The number of methoxy groups -OCH3 is 1. The predicted octanol–water partition coefficient (Wildman–Crippen LogP) is 0.182. The van der Waals surface area contributed by atoms with Crippen molar-refractivity contribution in [1.82, 2.24) is 19.7 Å². The molecule has 0 spiro atoms. The second-order valence-electron chi connectivity index (χ2n) is 4.27. The van der Waals surface area contributed by atoms with Crippen LogP contribution in [0.5, 0.6) is 0 Å². The van der Waals surface area contributed by atoms with Gasteiger partial charge >= 0.3 is 5.97 Å². The number of rotatable bonds is 6. The van der Waals surface area contributed by atoms with Crippen molar-refractivity contribution in [2.24, 2.45) is 0 Å². The van der Waals surface area contributed by atoms with Gasteiger partial charge in [0.2, 0.25) is 0 Å². The molecule has 0 radical (unpaired) electrons. The third kappa shape index (κ3) is 2.85. The number of aliphatic hydroxyl groups is 1. The average Bonchev–Trinajstić information content (AvgIpc) is 2.88. The Hall–Kier alpha value is -2.22. The summed E-state index contributed by atoms with van der Waals surface area (Å²) in [5, 5.41) is 17.2. The smallest absolute Gasteiger partial charge is 0.327 e. The van der Waals surface area contributed by atoms with Gasteiger partial charge in [0.15, 0.2) is 5.65 Å². The molecule has 8 nitrogen and oxygen atoms in total. The van der Waals surface area contributed by atoms with Crippen molar-refractivity contribution in [2.45, 2.75) is 25.9 Å². The van der Waals surface area contributed by atoms with Crippen LogP contribution in [0.4, 0.5) is 5.82 Å². The summed E-state index contributed by atoms with van der Waals surface area (Å²) in [5.74, 6) is 0.192. The maximum absolute atomic E-state index is 11.3. The van der Waals surface area contributed by atoms with Crippen molar-refractivity contribution < 1.29 is 14.6 Å². The Bertz CT molecular complexity index is 594. The average molecular weight is 279 g/mol. The van der Waals surface area contributed by atoms with Gasteiger partial charge in [0.05, 0.1) is 31.3 Å². The van der Waals surface area contributed by atoms with Crippen LogP contribution in [-0.4, -0.2) is 50.6 Å². The van der Waals surface area contributed by atoms with Crippen molar-refractivity contribution in [2.75, 3.05) is 19.0 Å². The molecule has 2 aromatic heterocycles. The lowest BCUT2D eigenvalue weighted by molar-refractivity contribution is -0.141. The Balaban J connectivity index is 2.32. The van der Waals surface area contributed by atoms with E-state index in [1.54, 1.807) is 6.20 Å².